The summed E-state index contributed by atoms with van der Waals surface area (Å²) in [5, 5.41) is 10.1. The van der Waals surface area contributed by atoms with Crippen LogP contribution in [0, 0.1) is 5.92 Å². The maximum absolute atomic E-state index is 12.3. The molecule has 0 saturated heterocycles. The Morgan fingerprint density at radius 1 is 1.33 bits per heavy atom. The third-order valence-electron chi connectivity index (χ3n) is 4.46. The van der Waals surface area contributed by atoms with Gasteiger partial charge in [-0.15, -0.1) is 0 Å². The van der Waals surface area contributed by atoms with Crippen molar-refractivity contribution >= 4 is 11.9 Å². The lowest BCUT2D eigenvalue weighted by Gasteiger charge is -2.47. The summed E-state index contributed by atoms with van der Waals surface area (Å²) in [5.41, 5.74) is -0.750. The number of para-hydroxylation sites is 1. The van der Waals surface area contributed by atoms with E-state index in [1.165, 1.54) is 6.92 Å². The molecule has 1 aliphatic carbocycles. The van der Waals surface area contributed by atoms with Crippen LogP contribution in [0.25, 0.3) is 0 Å². The first-order valence-corrected chi connectivity index (χ1v) is 7.25. The summed E-state index contributed by atoms with van der Waals surface area (Å²) < 4.78 is 5.67. The van der Waals surface area contributed by atoms with Gasteiger partial charge in [0.05, 0.1) is 6.61 Å². The number of aliphatic carboxylic acids is 1. The van der Waals surface area contributed by atoms with Crippen LogP contribution in [0.4, 0.5) is 0 Å². The lowest BCUT2D eigenvalue weighted by Crippen LogP contribution is -2.61. The van der Waals surface area contributed by atoms with Gasteiger partial charge in [-0.2, -0.15) is 0 Å². The zero-order valence-electron chi connectivity index (χ0n) is 12.2. The van der Waals surface area contributed by atoms with Crippen LogP contribution in [0.15, 0.2) is 24.3 Å². The van der Waals surface area contributed by atoms with Gasteiger partial charge in [-0.3, -0.25) is 4.79 Å². The SMILES string of the molecule is CC(=O)N(C1CC1)C1(C(=O)O)c2ccccc2OCC1C. The second-order valence-electron chi connectivity index (χ2n) is 5.90. The molecule has 1 saturated carbocycles. The Bertz CT molecular complexity index is 596. The summed E-state index contributed by atoms with van der Waals surface area (Å²) in [5.74, 6) is -0.921. The Hall–Kier alpha value is -2.04. The van der Waals surface area contributed by atoms with E-state index in [0.717, 1.165) is 12.8 Å². The van der Waals surface area contributed by atoms with Gasteiger partial charge >= 0.3 is 5.97 Å². The third-order valence-corrected chi connectivity index (χ3v) is 4.46. The Kier molecular flexibility index (Phi) is 3.15. The molecular formula is C16H19NO4. The summed E-state index contributed by atoms with van der Waals surface area (Å²) in [6, 6.07) is 7.16. The van der Waals surface area contributed by atoms with Crippen LogP contribution in [0.1, 0.15) is 32.3 Å². The fourth-order valence-electron chi connectivity index (χ4n) is 3.43. The summed E-state index contributed by atoms with van der Waals surface area (Å²) >= 11 is 0. The van der Waals surface area contributed by atoms with Crippen molar-refractivity contribution in [3.63, 3.8) is 0 Å². The van der Waals surface area contributed by atoms with E-state index >= 15 is 0 Å². The molecule has 3 rings (SSSR count). The average Bonchev–Trinajstić information content (AvgIpc) is 3.25. The van der Waals surface area contributed by atoms with Crippen LogP contribution < -0.4 is 4.74 Å². The first kappa shape index (κ1) is 13.9. The molecular weight excluding hydrogens is 270 g/mol. The summed E-state index contributed by atoms with van der Waals surface area (Å²) in [6.07, 6.45) is 1.73. The molecule has 2 unspecified atom stereocenters. The number of hydrogen-bond acceptors (Lipinski definition) is 3. The van der Waals surface area contributed by atoms with Gasteiger partial charge in [0, 0.05) is 24.4 Å². The van der Waals surface area contributed by atoms with E-state index in [1.54, 1.807) is 23.1 Å². The van der Waals surface area contributed by atoms with Crippen molar-refractivity contribution in [2.24, 2.45) is 5.92 Å². The van der Waals surface area contributed by atoms with Crippen LogP contribution in [-0.2, 0) is 15.1 Å². The van der Waals surface area contributed by atoms with Crippen LogP contribution in [-0.4, -0.2) is 34.5 Å². The normalized spacial score (nSPS) is 27.4. The molecule has 2 atom stereocenters. The number of carboxylic acids is 1. The van der Waals surface area contributed by atoms with E-state index in [4.69, 9.17) is 4.74 Å². The number of hydrogen-bond donors (Lipinski definition) is 1. The summed E-state index contributed by atoms with van der Waals surface area (Å²) in [6.45, 7) is 3.58. The maximum Gasteiger partial charge on any atom is 0.334 e. The zero-order chi connectivity index (χ0) is 15.2. The minimum Gasteiger partial charge on any atom is -0.493 e. The van der Waals surface area contributed by atoms with Crippen LogP contribution in [0.2, 0.25) is 0 Å². The number of carboxylic acid groups (broad SMARTS) is 1. The van der Waals surface area contributed by atoms with Gasteiger partial charge in [-0.25, -0.2) is 4.79 Å². The summed E-state index contributed by atoms with van der Waals surface area (Å²) in [4.78, 5) is 26.1. The van der Waals surface area contributed by atoms with E-state index in [0.29, 0.717) is 17.9 Å². The Morgan fingerprint density at radius 2 is 2.00 bits per heavy atom. The van der Waals surface area contributed by atoms with E-state index < -0.39 is 11.5 Å². The monoisotopic (exact) mass is 289 g/mol. The molecule has 5 nitrogen and oxygen atoms in total. The van der Waals surface area contributed by atoms with Gasteiger partial charge in [0.25, 0.3) is 0 Å². The van der Waals surface area contributed by atoms with Crippen LogP contribution in [0.5, 0.6) is 5.75 Å². The highest BCUT2D eigenvalue weighted by molar-refractivity contribution is 5.89. The first-order chi connectivity index (χ1) is 9.99. The second kappa shape index (κ2) is 4.76. The van der Waals surface area contributed by atoms with Crippen molar-refractivity contribution in [1.29, 1.82) is 0 Å². The van der Waals surface area contributed by atoms with Crippen molar-refractivity contribution in [3.05, 3.63) is 29.8 Å². The highest BCUT2D eigenvalue weighted by Gasteiger charge is 2.58. The molecule has 1 aliphatic heterocycles. The van der Waals surface area contributed by atoms with Gasteiger partial charge < -0.3 is 14.7 Å². The number of benzene rings is 1. The largest absolute Gasteiger partial charge is 0.493 e. The Balaban J connectivity index is 2.24. The Labute approximate surface area is 123 Å². The number of ether oxygens (including phenoxy) is 1. The molecule has 21 heavy (non-hydrogen) atoms. The number of nitrogens with zero attached hydrogens (tertiary/aromatic N) is 1. The number of amides is 1. The van der Waals surface area contributed by atoms with E-state index in [1.807, 2.05) is 13.0 Å². The number of carbonyl (C=O) groups is 2. The molecule has 1 heterocycles. The number of carbonyl (C=O) groups excluding carboxylic acids is 1. The lowest BCUT2D eigenvalue weighted by molar-refractivity contribution is -0.168. The quantitative estimate of drug-likeness (QED) is 0.924. The molecule has 0 aromatic heterocycles. The lowest BCUT2D eigenvalue weighted by atomic mass is 9.75. The van der Waals surface area contributed by atoms with Gasteiger partial charge in [0.1, 0.15) is 5.75 Å². The fourth-order valence-corrected chi connectivity index (χ4v) is 3.43. The van der Waals surface area contributed by atoms with Gasteiger partial charge in [-0.05, 0) is 18.9 Å². The molecule has 1 aromatic rings. The number of fused-ring (bicyclic) bond motifs is 1. The smallest absolute Gasteiger partial charge is 0.334 e. The molecule has 1 aromatic carbocycles. The Morgan fingerprint density at radius 3 is 2.57 bits per heavy atom. The van der Waals surface area contributed by atoms with Crippen LogP contribution >= 0.6 is 0 Å². The number of rotatable bonds is 3. The highest BCUT2D eigenvalue weighted by Crippen LogP contribution is 2.48. The standard InChI is InChI=1S/C16H19NO4/c1-10-9-21-14-6-4-3-5-13(14)16(10,15(19)20)17(11(2)18)12-7-8-12/h3-6,10,12H,7-9H2,1-2H3,(H,19,20). The van der Waals surface area contributed by atoms with Crippen molar-refractivity contribution in [2.45, 2.75) is 38.3 Å². The van der Waals surface area contributed by atoms with E-state index in [9.17, 15) is 14.7 Å². The van der Waals surface area contributed by atoms with Gasteiger partial charge in [0.2, 0.25) is 5.91 Å². The van der Waals surface area contributed by atoms with Crippen molar-refractivity contribution in [1.82, 2.24) is 4.90 Å². The minimum absolute atomic E-state index is 0.0206. The van der Waals surface area contributed by atoms with Gasteiger partial charge in [0.15, 0.2) is 5.54 Å². The molecule has 1 N–H and O–H groups in total. The van der Waals surface area contributed by atoms with E-state index in [2.05, 4.69) is 0 Å². The van der Waals surface area contributed by atoms with Crippen molar-refractivity contribution in [2.75, 3.05) is 6.61 Å². The van der Waals surface area contributed by atoms with Crippen LogP contribution in [0.3, 0.4) is 0 Å². The second-order valence-corrected chi connectivity index (χ2v) is 5.90. The highest BCUT2D eigenvalue weighted by atomic mass is 16.5. The maximum atomic E-state index is 12.3. The molecule has 112 valence electrons. The molecule has 0 bridgehead atoms. The predicted octanol–water partition coefficient (Wildman–Crippen LogP) is 2.01. The molecule has 0 radical (unpaired) electrons. The van der Waals surface area contributed by atoms with Crippen molar-refractivity contribution < 1.29 is 19.4 Å². The molecule has 1 amide bonds. The average molecular weight is 289 g/mol. The van der Waals surface area contributed by atoms with Gasteiger partial charge in [-0.1, -0.05) is 25.1 Å². The van der Waals surface area contributed by atoms with E-state index in [-0.39, 0.29) is 17.9 Å². The topological polar surface area (TPSA) is 66.8 Å². The minimum atomic E-state index is -1.33. The molecule has 0 spiro atoms. The molecule has 2 aliphatic rings. The molecule has 5 heteroatoms. The predicted molar refractivity (Wildman–Crippen MR) is 76.0 cm³/mol. The third kappa shape index (κ3) is 1.91. The van der Waals surface area contributed by atoms with Crippen molar-refractivity contribution in [3.8, 4) is 5.75 Å². The molecule has 1 fully saturated rings. The zero-order valence-corrected chi connectivity index (χ0v) is 12.2. The fraction of sp³-hybridized carbons (Fsp3) is 0.500. The first-order valence-electron chi connectivity index (χ1n) is 7.25. The summed E-state index contributed by atoms with van der Waals surface area (Å²) in [7, 11) is 0.